The van der Waals surface area contributed by atoms with Gasteiger partial charge >= 0.3 is 5.97 Å². The van der Waals surface area contributed by atoms with E-state index in [-0.39, 0.29) is 11.8 Å². The molecule has 27 heavy (non-hydrogen) atoms. The molecule has 0 aliphatic carbocycles. The van der Waals surface area contributed by atoms with Gasteiger partial charge in [-0.2, -0.15) is 0 Å². The smallest absolute Gasteiger partial charge is 0.338 e. The minimum absolute atomic E-state index is 0.284. The summed E-state index contributed by atoms with van der Waals surface area (Å²) in [6.07, 6.45) is 1.77. The summed E-state index contributed by atoms with van der Waals surface area (Å²) >= 11 is 0. The molecule has 0 amide bonds. The number of aromatic nitrogens is 1. The van der Waals surface area contributed by atoms with Gasteiger partial charge < -0.3 is 9.30 Å². The maximum absolute atomic E-state index is 13.0. The number of aryl methyl sites for hydroxylation is 1. The Morgan fingerprint density at radius 2 is 1.89 bits per heavy atom. The molecular formula is C22H21FN2O2. The van der Waals surface area contributed by atoms with Gasteiger partial charge in [0.2, 0.25) is 0 Å². The van der Waals surface area contributed by atoms with Crippen LogP contribution in [0.4, 0.5) is 10.1 Å². The molecule has 0 fully saturated rings. The summed E-state index contributed by atoms with van der Waals surface area (Å²) in [5, 5.41) is 0. The van der Waals surface area contributed by atoms with Gasteiger partial charge in [0.1, 0.15) is 5.82 Å². The molecule has 0 atom stereocenters. The predicted octanol–water partition coefficient (Wildman–Crippen LogP) is 5.16. The molecular weight excluding hydrogens is 343 g/mol. The van der Waals surface area contributed by atoms with Crippen molar-refractivity contribution >= 4 is 17.9 Å². The number of hydrogen-bond donors (Lipinski definition) is 0. The van der Waals surface area contributed by atoms with Crippen LogP contribution in [0.1, 0.15) is 34.2 Å². The average molecular weight is 364 g/mol. The predicted molar refractivity (Wildman–Crippen MR) is 105 cm³/mol. The number of carbonyl (C=O) groups excluding carboxylic acids is 1. The van der Waals surface area contributed by atoms with Crippen molar-refractivity contribution in [2.45, 2.75) is 20.8 Å². The van der Waals surface area contributed by atoms with E-state index >= 15 is 0 Å². The highest BCUT2D eigenvalue weighted by Crippen LogP contribution is 2.22. The Labute approximate surface area is 157 Å². The second-order valence-electron chi connectivity index (χ2n) is 6.17. The van der Waals surface area contributed by atoms with Crippen molar-refractivity contribution < 1.29 is 13.9 Å². The summed E-state index contributed by atoms with van der Waals surface area (Å²) in [6.45, 7) is 6.12. The van der Waals surface area contributed by atoms with Crippen LogP contribution >= 0.6 is 0 Å². The second kappa shape index (κ2) is 7.99. The van der Waals surface area contributed by atoms with Gasteiger partial charge in [-0.3, -0.25) is 4.99 Å². The molecule has 1 heterocycles. The lowest BCUT2D eigenvalue weighted by Crippen LogP contribution is -2.06. The van der Waals surface area contributed by atoms with Crippen molar-refractivity contribution in [1.29, 1.82) is 0 Å². The van der Waals surface area contributed by atoms with E-state index in [1.54, 1.807) is 31.3 Å². The lowest BCUT2D eigenvalue weighted by atomic mass is 10.2. The number of rotatable bonds is 5. The van der Waals surface area contributed by atoms with Crippen LogP contribution in [0.3, 0.4) is 0 Å². The minimum Gasteiger partial charge on any atom is -0.462 e. The fourth-order valence-corrected chi connectivity index (χ4v) is 2.97. The SMILES string of the molecule is CCOC(=O)c1cccc(-n2c(C)cc(C=Nc3ccc(F)cc3)c2C)c1. The van der Waals surface area contributed by atoms with E-state index in [2.05, 4.69) is 9.56 Å². The fraction of sp³-hybridized carbons (Fsp3) is 0.182. The number of halogens is 1. The molecule has 0 saturated carbocycles. The number of benzene rings is 2. The van der Waals surface area contributed by atoms with Crippen LogP contribution < -0.4 is 0 Å². The summed E-state index contributed by atoms with van der Waals surface area (Å²) in [5.41, 5.74) is 5.07. The van der Waals surface area contributed by atoms with Crippen LogP contribution in [0, 0.1) is 19.7 Å². The third-order valence-corrected chi connectivity index (χ3v) is 4.27. The Morgan fingerprint density at radius 3 is 2.59 bits per heavy atom. The topological polar surface area (TPSA) is 43.6 Å². The summed E-state index contributed by atoms with van der Waals surface area (Å²) in [5.74, 6) is -0.617. The zero-order valence-electron chi connectivity index (χ0n) is 15.6. The van der Waals surface area contributed by atoms with Crippen molar-refractivity contribution in [2.75, 3.05) is 6.61 Å². The number of nitrogens with zero attached hydrogens (tertiary/aromatic N) is 2. The lowest BCUT2D eigenvalue weighted by Gasteiger charge is -2.11. The largest absolute Gasteiger partial charge is 0.462 e. The van der Waals surface area contributed by atoms with Crippen molar-refractivity contribution in [3.63, 3.8) is 0 Å². The molecule has 0 bridgehead atoms. The first kappa shape index (κ1) is 18.6. The third-order valence-electron chi connectivity index (χ3n) is 4.27. The summed E-state index contributed by atoms with van der Waals surface area (Å²) in [7, 11) is 0. The van der Waals surface area contributed by atoms with Crippen LogP contribution in [0.2, 0.25) is 0 Å². The van der Waals surface area contributed by atoms with Gasteiger partial charge in [-0.25, -0.2) is 9.18 Å². The van der Waals surface area contributed by atoms with E-state index in [9.17, 15) is 9.18 Å². The van der Waals surface area contributed by atoms with E-state index in [1.165, 1.54) is 12.1 Å². The van der Waals surface area contributed by atoms with Gasteiger partial charge in [-0.05, 0) is 69.3 Å². The third kappa shape index (κ3) is 4.14. The number of esters is 1. The van der Waals surface area contributed by atoms with E-state index in [1.807, 2.05) is 38.1 Å². The standard InChI is InChI=1S/C22H21FN2O2/c1-4-27-22(26)17-6-5-7-21(13-17)25-15(2)12-18(16(25)3)14-24-20-10-8-19(23)9-11-20/h5-14H,4H2,1-3H3. The Hall–Kier alpha value is -3.21. The van der Waals surface area contributed by atoms with Gasteiger partial charge in [-0.15, -0.1) is 0 Å². The summed E-state index contributed by atoms with van der Waals surface area (Å²) < 4.78 is 20.2. The Bertz CT molecular complexity index is 988. The highest BCUT2D eigenvalue weighted by Gasteiger charge is 2.12. The molecule has 0 N–H and O–H groups in total. The van der Waals surface area contributed by atoms with Crippen molar-refractivity contribution in [1.82, 2.24) is 4.57 Å². The first-order chi connectivity index (χ1) is 13.0. The zero-order chi connectivity index (χ0) is 19.4. The Morgan fingerprint density at radius 1 is 1.15 bits per heavy atom. The quantitative estimate of drug-likeness (QED) is 0.464. The minimum atomic E-state index is -0.333. The number of ether oxygens (including phenoxy) is 1. The summed E-state index contributed by atoms with van der Waals surface area (Å²) in [6, 6.07) is 15.4. The van der Waals surface area contributed by atoms with Gasteiger partial charge in [0.25, 0.3) is 0 Å². The van der Waals surface area contributed by atoms with Crippen molar-refractivity contribution in [3.8, 4) is 5.69 Å². The maximum Gasteiger partial charge on any atom is 0.338 e. The van der Waals surface area contributed by atoms with Crippen LogP contribution in [-0.2, 0) is 4.74 Å². The monoisotopic (exact) mass is 364 g/mol. The highest BCUT2D eigenvalue weighted by molar-refractivity contribution is 5.90. The van der Waals surface area contributed by atoms with Crippen molar-refractivity contribution in [3.05, 3.63) is 82.9 Å². The van der Waals surface area contributed by atoms with Gasteiger partial charge in [-0.1, -0.05) is 6.07 Å². The molecule has 0 radical (unpaired) electrons. The van der Waals surface area contributed by atoms with Gasteiger partial charge in [0.15, 0.2) is 0 Å². The molecule has 3 aromatic rings. The molecule has 3 rings (SSSR count). The number of hydrogen-bond acceptors (Lipinski definition) is 3. The molecule has 4 nitrogen and oxygen atoms in total. The van der Waals surface area contributed by atoms with Crippen LogP contribution in [0.25, 0.3) is 5.69 Å². The molecule has 1 aromatic heterocycles. The Kier molecular flexibility index (Phi) is 5.50. The van der Waals surface area contributed by atoms with Gasteiger partial charge in [0.05, 0.1) is 17.9 Å². The normalized spacial score (nSPS) is 11.1. The van der Waals surface area contributed by atoms with E-state index in [0.717, 1.165) is 22.6 Å². The maximum atomic E-state index is 13.0. The molecule has 0 saturated heterocycles. The fourth-order valence-electron chi connectivity index (χ4n) is 2.97. The number of carbonyl (C=O) groups is 1. The second-order valence-corrected chi connectivity index (χ2v) is 6.17. The zero-order valence-corrected chi connectivity index (χ0v) is 15.6. The molecule has 0 aliphatic rings. The molecule has 0 spiro atoms. The summed E-state index contributed by atoms with van der Waals surface area (Å²) in [4.78, 5) is 16.4. The van der Waals surface area contributed by atoms with Crippen molar-refractivity contribution in [2.24, 2.45) is 4.99 Å². The highest BCUT2D eigenvalue weighted by atomic mass is 19.1. The Balaban J connectivity index is 1.93. The first-order valence-electron chi connectivity index (χ1n) is 8.75. The molecule has 0 unspecified atom stereocenters. The molecule has 2 aromatic carbocycles. The average Bonchev–Trinajstić information content (AvgIpc) is 2.95. The van der Waals surface area contributed by atoms with E-state index in [4.69, 9.17) is 4.74 Å². The first-order valence-corrected chi connectivity index (χ1v) is 8.75. The van der Waals surface area contributed by atoms with E-state index in [0.29, 0.717) is 17.9 Å². The van der Waals surface area contributed by atoms with Gasteiger partial charge in [0, 0.05) is 28.9 Å². The lowest BCUT2D eigenvalue weighted by molar-refractivity contribution is 0.0526. The van der Waals surface area contributed by atoms with Crippen LogP contribution in [-0.4, -0.2) is 23.4 Å². The molecule has 5 heteroatoms. The molecule has 0 aliphatic heterocycles. The molecule has 138 valence electrons. The number of aliphatic imine (C=N–C) groups is 1. The van der Waals surface area contributed by atoms with Crippen LogP contribution in [0.5, 0.6) is 0 Å². The van der Waals surface area contributed by atoms with E-state index < -0.39 is 0 Å². The van der Waals surface area contributed by atoms with Crippen LogP contribution in [0.15, 0.2) is 59.6 Å².